The lowest BCUT2D eigenvalue weighted by Crippen LogP contribution is -2.72. The van der Waals surface area contributed by atoms with Gasteiger partial charge in [-0.15, -0.1) is 0 Å². The Kier molecular flexibility index (Phi) is 36.9. The van der Waals surface area contributed by atoms with E-state index in [2.05, 4.69) is 47.5 Å². The first kappa shape index (κ1) is 102. The summed E-state index contributed by atoms with van der Waals surface area (Å²) in [5, 5.41) is 56.6. The number of aliphatic hydroxyl groups is 2. The molecule has 1 unspecified atom stereocenters. The second-order valence-corrected chi connectivity index (χ2v) is 37.9. The molecule has 6 bridgehead atoms. The molecule has 3 fully saturated rings. The second-order valence-electron chi connectivity index (χ2n) is 32.4. The van der Waals surface area contributed by atoms with Crippen molar-refractivity contribution in [1.82, 2.24) is 57.7 Å². The van der Waals surface area contributed by atoms with Crippen LogP contribution < -0.4 is 69.0 Å². The van der Waals surface area contributed by atoms with Gasteiger partial charge in [-0.05, 0) is 113 Å². The number of anilines is 1. The average molecular weight is 1900 g/mol. The molecule has 5 aliphatic rings. The number of aliphatic hydroxyl groups excluding tert-OH is 1. The number of halogens is 4. The number of nitrogens with zero attached hydrogens (tertiary/aromatic N) is 2. The van der Waals surface area contributed by atoms with E-state index in [4.69, 9.17) is 46.8 Å². The van der Waals surface area contributed by atoms with Gasteiger partial charge in [0.15, 0.2) is 5.72 Å². The van der Waals surface area contributed by atoms with Crippen LogP contribution in [-0.2, 0) is 102 Å². The van der Waals surface area contributed by atoms with Crippen LogP contribution in [0.15, 0.2) is 121 Å². The topological polar surface area (TPSA) is 511 Å². The minimum absolute atomic E-state index is 0.00545. The van der Waals surface area contributed by atoms with Gasteiger partial charge in [-0.2, -0.15) is 13.2 Å². The number of H-pyrrole nitrogens is 1. The average Bonchev–Trinajstić information content (AvgIpc) is 0.798. The van der Waals surface area contributed by atoms with Gasteiger partial charge in [-0.1, -0.05) is 152 Å². The van der Waals surface area contributed by atoms with Crippen molar-refractivity contribution in [2.75, 3.05) is 62.8 Å². The number of fused-ring (bicyclic) bond motifs is 7. The molecular formula is C86H110ClF3N14O21S4. The van der Waals surface area contributed by atoms with Gasteiger partial charge in [0.2, 0.25) is 59.1 Å². The Labute approximate surface area is 763 Å². The molecular weight excluding hydrogens is 1790 g/mol. The summed E-state index contributed by atoms with van der Waals surface area (Å²) < 4.78 is 72.0. The molecule has 0 spiro atoms. The number of hydrogen-bond acceptors (Lipinski definition) is 26. The van der Waals surface area contributed by atoms with E-state index < -0.39 is 203 Å². The Morgan fingerprint density at radius 1 is 0.806 bits per heavy atom. The molecule has 10 rings (SSSR count). The van der Waals surface area contributed by atoms with Crippen LogP contribution in [0.3, 0.4) is 0 Å². The molecule has 702 valence electrons. The highest BCUT2D eigenvalue weighted by Crippen LogP contribution is 2.51. The van der Waals surface area contributed by atoms with Crippen molar-refractivity contribution < 1.29 is 115 Å². The minimum Gasteiger partial charge on any atom is -0.508 e. The number of para-hydroxylation sites is 1. The van der Waals surface area contributed by atoms with Crippen LogP contribution >= 0.6 is 54.8 Å². The summed E-state index contributed by atoms with van der Waals surface area (Å²) in [6.45, 7) is 7.90. The highest BCUT2D eigenvalue weighted by atomic mass is 35.5. The number of unbranched alkanes of at least 4 members (excludes halogenated alkanes) is 2. The van der Waals surface area contributed by atoms with Crippen LogP contribution in [0.5, 0.6) is 11.5 Å². The van der Waals surface area contributed by atoms with E-state index in [1.54, 1.807) is 86.1 Å². The first-order valence-corrected chi connectivity index (χ1v) is 46.8. The number of esters is 1. The number of amides is 12. The van der Waals surface area contributed by atoms with Gasteiger partial charge >= 0.3 is 24.1 Å². The number of primary amides is 1. The zero-order chi connectivity index (χ0) is 94.4. The molecule has 17 N–H and O–H groups in total. The van der Waals surface area contributed by atoms with Gasteiger partial charge in [0.1, 0.15) is 100 Å². The minimum atomic E-state index is -5.50. The maximum Gasteiger partial charge on any atom is 0.471 e. The summed E-state index contributed by atoms with van der Waals surface area (Å²) in [6, 6.07) is 8.20. The fourth-order valence-corrected chi connectivity index (χ4v) is 19.9. The smallest absolute Gasteiger partial charge is 0.471 e. The van der Waals surface area contributed by atoms with E-state index in [0.717, 1.165) is 60.6 Å². The van der Waals surface area contributed by atoms with Crippen molar-refractivity contribution in [3.05, 3.63) is 148 Å². The molecule has 0 saturated carbocycles. The molecule has 35 nitrogen and oxygen atoms in total. The Hall–Kier alpha value is -10.3. The summed E-state index contributed by atoms with van der Waals surface area (Å²) in [7, 11) is 9.12. The fraction of sp³-hybridized carbons (Fsp3) is 0.500. The summed E-state index contributed by atoms with van der Waals surface area (Å²) in [5.74, 6) is -14.8. The number of alkyl halides is 3. The van der Waals surface area contributed by atoms with Gasteiger partial charge in [0.05, 0.1) is 25.3 Å². The summed E-state index contributed by atoms with van der Waals surface area (Å²) in [4.78, 5) is 192. The Balaban J connectivity index is 0.941. The number of nitrogens with one attached hydrogen (secondary N) is 10. The number of ether oxygens (including phenoxy) is 5. The van der Waals surface area contributed by atoms with Crippen molar-refractivity contribution in [3.8, 4) is 11.5 Å². The van der Waals surface area contributed by atoms with E-state index in [1.165, 1.54) is 88.7 Å². The molecule has 129 heavy (non-hydrogen) atoms. The third kappa shape index (κ3) is 28.1. The van der Waals surface area contributed by atoms with Gasteiger partial charge in [0.25, 0.3) is 0 Å². The summed E-state index contributed by atoms with van der Waals surface area (Å²) >= 11 is 6.89. The highest BCUT2D eigenvalue weighted by Gasteiger charge is 2.64. The van der Waals surface area contributed by atoms with Gasteiger partial charge in [0, 0.05) is 99.8 Å². The fourth-order valence-electron chi connectivity index (χ4n) is 15.1. The third-order valence-electron chi connectivity index (χ3n) is 22.4. The van der Waals surface area contributed by atoms with E-state index in [1.807, 2.05) is 6.92 Å². The van der Waals surface area contributed by atoms with Crippen LogP contribution in [-0.4, -0.2) is 262 Å². The normalized spacial score (nSPS) is 25.8. The number of rotatable bonds is 29. The van der Waals surface area contributed by atoms with E-state index in [-0.39, 0.29) is 90.8 Å². The number of carbonyl (C=O) groups excluding carboxylic acids is 13. The number of allylic oxidation sites excluding steroid dienone is 3. The van der Waals surface area contributed by atoms with Crippen molar-refractivity contribution in [2.45, 2.75) is 214 Å². The monoisotopic (exact) mass is 1890 g/mol. The summed E-state index contributed by atoms with van der Waals surface area (Å²) in [5.41, 5.74) is 10.4. The quantitative estimate of drug-likeness (QED) is 0.0177. The molecule has 43 heteroatoms. The largest absolute Gasteiger partial charge is 0.508 e. The van der Waals surface area contributed by atoms with Gasteiger partial charge < -0.3 is 108 Å². The lowest BCUT2D eigenvalue weighted by molar-refractivity contribution is -0.328. The number of phenols is 1. The lowest BCUT2D eigenvalue weighted by Gasteiger charge is -2.59. The Morgan fingerprint density at radius 2 is 1.47 bits per heavy atom. The molecule has 4 aromatic carbocycles. The number of methoxy groups -OCH3 is 2. The van der Waals surface area contributed by atoms with Crippen LogP contribution in [0.4, 0.5) is 23.7 Å². The second kappa shape index (κ2) is 46.5. The van der Waals surface area contributed by atoms with Crippen LogP contribution in [0, 0.1) is 0 Å². The van der Waals surface area contributed by atoms with Crippen molar-refractivity contribution >= 4 is 148 Å². The van der Waals surface area contributed by atoms with E-state index >= 15 is 14.4 Å². The van der Waals surface area contributed by atoms with Crippen LogP contribution in [0.25, 0.3) is 10.9 Å². The van der Waals surface area contributed by atoms with Crippen LogP contribution in [0.2, 0.25) is 5.02 Å². The number of benzene rings is 4. The van der Waals surface area contributed by atoms with E-state index in [0.29, 0.717) is 46.9 Å². The number of hydrogen-bond donors (Lipinski definition) is 15. The standard InChI is InChI=1S/C86H110ClF3N14O21S4/c1-46-19-18-25-65(122-9)85(120)40-67(124-82(119)102-85)84(5)45-83(4,125-84)66(39-69(108)104(7)63-36-51(33-46)37-64(121-8)70(63)87)123-80(117)47(2)103(6)68(107)30-32-126-127-42-60(72(92)109)97-78(115)62-44-129-128-43-61(98-75(112)58(100-81(118)86(88,89)90)34-49-20-12-10-13-21-49)77(114)95-57(35-50-26-28-53(106)29-27-50)74(111)96-59(38-52-41-93-55-23-16-15-22-54(52)55)76(113)94-56(24-14-11-17-31-91)73(110)101-71(48(3)105)79(116)99-62/h10,12-13,15-16,18-23,25-29,36-37,41,47-48,56-62,65-67,71,93,105-106,120H,11,14,17,24,30-35,38-40,42-45,91H2,1-9H3,(H2,92,109)(H,94,113)(H,95,114)(H,96,111)(H,97,115)(H,98,112)(H,99,116)(H,100,118)(H,101,110)(H,102,119)/b25-18+,46-19+/t47-,48+,56-,57-,58+,59+,60-,61-,62-,65+,66-,67-,71-,83+,84?,85-/m0/s1. The van der Waals surface area contributed by atoms with Crippen LogP contribution in [0.1, 0.15) is 108 Å². The first-order valence-electron chi connectivity index (χ1n) is 41.5. The van der Waals surface area contributed by atoms with Gasteiger partial charge in [-0.25, -0.2) is 9.59 Å². The SMILES string of the molecule is COc1cc2cc(c1Cl)N(C)C(=O)C[C@H](OC(=O)[C@H](C)N(C)C(=O)CCSSC[C@H](NC(=O)[C@@H]1CSSC[C@H](NC(=O)[C@@H](Cc3ccccc3)NC(=O)C(F)(F)F)C(=O)N[C@@H](Cc3ccc(O)cc3)C(=O)N[C@H](Cc3c[nH]c4ccccc34)C(=O)N[C@@H](CCCCCN)C(=O)N[C@@H]([C@@H](C)O)C(=O)N1)C(N)=O)[C@@]1(C)CC(C)(O1)[C@@H]1C[C@@](O)(NC(=O)O1)[C@H](OC)/C=C/C=C(\C)C2. The predicted octanol–water partition coefficient (Wildman–Crippen LogP) is 4.57. The molecule has 12 amide bonds. The number of aromatic amines is 1. The van der Waals surface area contributed by atoms with Gasteiger partial charge in [-0.3, -0.25) is 58.1 Å². The third-order valence-corrected chi connectivity index (χ3v) is 27.6. The van der Waals surface area contributed by atoms with E-state index in [9.17, 15) is 76.4 Å². The molecule has 0 aliphatic carbocycles. The number of aromatic hydroxyl groups is 1. The lowest BCUT2D eigenvalue weighted by atomic mass is 9.72. The maximum absolute atomic E-state index is 15.2. The predicted molar refractivity (Wildman–Crippen MR) is 479 cm³/mol. The number of aromatic nitrogens is 1. The Bertz CT molecular complexity index is 4920. The van der Waals surface area contributed by atoms with Crippen molar-refractivity contribution in [3.63, 3.8) is 0 Å². The zero-order valence-corrected chi connectivity index (χ0v) is 76.4. The number of likely N-dealkylation sites (N-methyl/N-ethyl adjacent to an activating group) is 1. The number of nitrogens with two attached hydrogens (primary N) is 2. The highest BCUT2D eigenvalue weighted by molar-refractivity contribution is 8.77. The molecule has 1 aromatic heterocycles. The number of carbonyl (C=O) groups is 13. The summed E-state index contributed by atoms with van der Waals surface area (Å²) in [6.07, 6.45) is -5.94. The Morgan fingerprint density at radius 3 is 2.13 bits per heavy atom. The molecule has 16 atom stereocenters. The number of alkyl carbamates (subject to hydrolysis) is 1. The molecule has 6 heterocycles. The van der Waals surface area contributed by atoms with Crippen molar-refractivity contribution in [1.29, 1.82) is 0 Å². The first-order chi connectivity index (χ1) is 61.1. The van der Waals surface area contributed by atoms with Crippen molar-refractivity contribution in [2.24, 2.45) is 11.5 Å². The zero-order valence-electron chi connectivity index (χ0n) is 72.4. The molecule has 5 aromatic rings. The molecule has 0 radical (unpaired) electrons. The number of phenolic OH excluding ortho intramolecular Hbond substituents is 1. The maximum atomic E-state index is 15.2. The molecule has 5 aliphatic heterocycles. The molecule has 3 saturated heterocycles.